The van der Waals surface area contributed by atoms with Gasteiger partial charge in [0.05, 0.1) is 6.54 Å². The highest BCUT2D eigenvalue weighted by molar-refractivity contribution is 5.95. The molecule has 0 radical (unpaired) electrons. The molecule has 1 aromatic rings. The van der Waals surface area contributed by atoms with Gasteiger partial charge in [-0.1, -0.05) is 6.92 Å². The van der Waals surface area contributed by atoms with E-state index in [2.05, 4.69) is 17.6 Å². The monoisotopic (exact) mass is 249 g/mol. The molecule has 4 N–H and O–H groups in total. The summed E-state index contributed by atoms with van der Waals surface area (Å²) in [4.78, 5) is 22.5. The Balaban J connectivity index is 2.47. The number of hydrogen-bond acceptors (Lipinski definition) is 3. The molecular weight excluding hydrogens is 230 g/mol. The average molecular weight is 249 g/mol. The fourth-order valence-electron chi connectivity index (χ4n) is 1.33. The van der Waals surface area contributed by atoms with Crippen molar-refractivity contribution in [1.29, 1.82) is 0 Å². The average Bonchev–Trinajstić information content (AvgIpc) is 2.36. The summed E-state index contributed by atoms with van der Waals surface area (Å²) in [6.45, 7) is 4.35. The van der Waals surface area contributed by atoms with Crippen LogP contribution in [0.4, 0.5) is 5.69 Å². The van der Waals surface area contributed by atoms with Gasteiger partial charge in [-0.05, 0) is 37.6 Å². The van der Waals surface area contributed by atoms with Crippen LogP contribution in [0.25, 0.3) is 0 Å². The number of benzene rings is 1. The van der Waals surface area contributed by atoms with Crippen molar-refractivity contribution in [3.05, 3.63) is 29.8 Å². The van der Waals surface area contributed by atoms with E-state index in [-0.39, 0.29) is 12.5 Å². The third kappa shape index (κ3) is 4.55. The molecule has 98 valence electrons. The van der Waals surface area contributed by atoms with Gasteiger partial charge in [-0.2, -0.15) is 0 Å². The van der Waals surface area contributed by atoms with Crippen molar-refractivity contribution in [3.8, 4) is 0 Å². The number of anilines is 1. The first-order valence-electron chi connectivity index (χ1n) is 5.96. The predicted octanol–water partition coefficient (Wildman–Crippen LogP) is 1.11. The molecule has 0 fully saturated rings. The van der Waals surface area contributed by atoms with Gasteiger partial charge in [-0.25, -0.2) is 0 Å². The Morgan fingerprint density at radius 2 is 1.89 bits per heavy atom. The quantitative estimate of drug-likeness (QED) is 0.706. The highest BCUT2D eigenvalue weighted by Gasteiger charge is 2.05. The van der Waals surface area contributed by atoms with Crippen molar-refractivity contribution in [2.24, 2.45) is 5.73 Å². The van der Waals surface area contributed by atoms with Gasteiger partial charge in [0.2, 0.25) is 11.8 Å². The molecule has 5 nitrogen and oxygen atoms in total. The zero-order chi connectivity index (χ0) is 13.5. The smallest absolute Gasteiger partial charge is 0.248 e. The standard InChI is InChI=1S/C13H19N3O2/c1-3-9(2)15-8-12(17)16-11-6-4-10(5-7-11)13(14)18/h4-7,9,15H,3,8H2,1-2H3,(H2,14,18)(H,16,17). The molecule has 1 rings (SSSR count). The minimum atomic E-state index is -0.480. The van der Waals surface area contributed by atoms with Crippen LogP contribution in [-0.2, 0) is 4.79 Å². The highest BCUT2D eigenvalue weighted by atomic mass is 16.2. The van der Waals surface area contributed by atoms with Crippen molar-refractivity contribution < 1.29 is 9.59 Å². The van der Waals surface area contributed by atoms with Crippen LogP contribution in [0, 0.1) is 0 Å². The third-order valence-corrected chi connectivity index (χ3v) is 2.68. The summed E-state index contributed by atoms with van der Waals surface area (Å²) >= 11 is 0. The topological polar surface area (TPSA) is 84.2 Å². The van der Waals surface area contributed by atoms with Crippen molar-refractivity contribution in [1.82, 2.24) is 5.32 Å². The normalized spacial score (nSPS) is 11.9. The Kier molecular flexibility index (Phi) is 5.32. The molecule has 0 aliphatic carbocycles. The van der Waals surface area contributed by atoms with Crippen molar-refractivity contribution >= 4 is 17.5 Å². The summed E-state index contributed by atoms with van der Waals surface area (Å²) in [7, 11) is 0. The van der Waals surface area contributed by atoms with E-state index >= 15 is 0 Å². The number of amides is 2. The van der Waals surface area contributed by atoms with Crippen LogP contribution >= 0.6 is 0 Å². The van der Waals surface area contributed by atoms with E-state index in [1.807, 2.05) is 6.92 Å². The maximum atomic E-state index is 11.6. The van der Waals surface area contributed by atoms with Crippen LogP contribution in [0.1, 0.15) is 30.6 Å². The Hall–Kier alpha value is -1.88. The number of carbonyl (C=O) groups is 2. The van der Waals surface area contributed by atoms with Crippen LogP contribution in [0.2, 0.25) is 0 Å². The molecule has 1 unspecified atom stereocenters. The molecule has 5 heteroatoms. The van der Waals surface area contributed by atoms with E-state index in [0.717, 1.165) is 6.42 Å². The first-order chi connectivity index (χ1) is 8.52. The maximum absolute atomic E-state index is 11.6. The first kappa shape index (κ1) is 14.2. The lowest BCUT2D eigenvalue weighted by Crippen LogP contribution is -2.33. The molecule has 1 aromatic carbocycles. The largest absolute Gasteiger partial charge is 0.366 e. The van der Waals surface area contributed by atoms with Gasteiger partial charge in [0.1, 0.15) is 0 Å². The van der Waals surface area contributed by atoms with Crippen molar-refractivity contribution in [2.75, 3.05) is 11.9 Å². The summed E-state index contributed by atoms with van der Waals surface area (Å²) < 4.78 is 0. The summed E-state index contributed by atoms with van der Waals surface area (Å²) in [5.41, 5.74) is 6.20. The molecule has 0 aliphatic rings. The van der Waals surface area contributed by atoms with E-state index in [0.29, 0.717) is 17.3 Å². The van der Waals surface area contributed by atoms with E-state index in [1.165, 1.54) is 0 Å². The summed E-state index contributed by atoms with van der Waals surface area (Å²) in [5, 5.41) is 5.83. The fourth-order valence-corrected chi connectivity index (χ4v) is 1.33. The molecule has 0 spiro atoms. The van der Waals surface area contributed by atoms with E-state index in [1.54, 1.807) is 24.3 Å². The molecular formula is C13H19N3O2. The second-order valence-electron chi connectivity index (χ2n) is 4.18. The lowest BCUT2D eigenvalue weighted by molar-refractivity contribution is -0.115. The van der Waals surface area contributed by atoms with Crippen LogP contribution in [0.5, 0.6) is 0 Å². The zero-order valence-electron chi connectivity index (χ0n) is 10.7. The van der Waals surface area contributed by atoms with Crippen LogP contribution in [0.3, 0.4) is 0 Å². The molecule has 0 saturated carbocycles. The van der Waals surface area contributed by atoms with E-state index in [4.69, 9.17) is 5.73 Å². The number of carbonyl (C=O) groups excluding carboxylic acids is 2. The molecule has 0 bridgehead atoms. The molecule has 18 heavy (non-hydrogen) atoms. The van der Waals surface area contributed by atoms with E-state index in [9.17, 15) is 9.59 Å². The number of nitrogens with two attached hydrogens (primary N) is 1. The van der Waals surface area contributed by atoms with Gasteiger partial charge in [-0.3, -0.25) is 9.59 Å². The minimum Gasteiger partial charge on any atom is -0.366 e. The molecule has 0 heterocycles. The van der Waals surface area contributed by atoms with Gasteiger partial charge >= 0.3 is 0 Å². The third-order valence-electron chi connectivity index (χ3n) is 2.68. The van der Waals surface area contributed by atoms with Crippen LogP contribution in [-0.4, -0.2) is 24.4 Å². The lowest BCUT2D eigenvalue weighted by atomic mass is 10.2. The Morgan fingerprint density at radius 1 is 1.28 bits per heavy atom. The molecule has 2 amide bonds. The van der Waals surface area contributed by atoms with E-state index < -0.39 is 5.91 Å². The summed E-state index contributed by atoms with van der Waals surface area (Å²) in [5.74, 6) is -0.589. The number of rotatable bonds is 6. The minimum absolute atomic E-state index is 0.109. The van der Waals surface area contributed by atoms with Gasteiger partial charge in [0.15, 0.2) is 0 Å². The maximum Gasteiger partial charge on any atom is 0.248 e. The van der Waals surface area contributed by atoms with Crippen molar-refractivity contribution in [2.45, 2.75) is 26.3 Å². The Bertz CT molecular complexity index is 415. The second-order valence-corrected chi connectivity index (χ2v) is 4.18. The fraction of sp³-hybridized carbons (Fsp3) is 0.385. The van der Waals surface area contributed by atoms with Crippen LogP contribution in [0.15, 0.2) is 24.3 Å². The Morgan fingerprint density at radius 3 is 2.39 bits per heavy atom. The Labute approximate surface area is 107 Å². The number of nitrogens with one attached hydrogen (secondary N) is 2. The molecule has 1 atom stereocenters. The molecule has 0 aromatic heterocycles. The van der Waals surface area contributed by atoms with Gasteiger partial charge in [0, 0.05) is 17.3 Å². The molecule has 0 saturated heterocycles. The first-order valence-corrected chi connectivity index (χ1v) is 5.96. The SMILES string of the molecule is CCC(C)NCC(=O)Nc1ccc(C(N)=O)cc1. The second kappa shape index (κ2) is 6.76. The molecule has 0 aliphatic heterocycles. The highest BCUT2D eigenvalue weighted by Crippen LogP contribution is 2.08. The zero-order valence-corrected chi connectivity index (χ0v) is 10.7. The van der Waals surface area contributed by atoms with Crippen molar-refractivity contribution in [3.63, 3.8) is 0 Å². The predicted molar refractivity (Wildman–Crippen MR) is 71.3 cm³/mol. The van der Waals surface area contributed by atoms with Crippen LogP contribution < -0.4 is 16.4 Å². The van der Waals surface area contributed by atoms with Gasteiger partial charge in [0.25, 0.3) is 0 Å². The van der Waals surface area contributed by atoms with Gasteiger partial charge in [-0.15, -0.1) is 0 Å². The summed E-state index contributed by atoms with van der Waals surface area (Å²) in [6, 6.07) is 6.79. The van der Waals surface area contributed by atoms with Gasteiger partial charge < -0.3 is 16.4 Å². The summed E-state index contributed by atoms with van der Waals surface area (Å²) in [6.07, 6.45) is 0.973. The number of primary amides is 1. The number of hydrogen-bond donors (Lipinski definition) is 3. The lowest BCUT2D eigenvalue weighted by Gasteiger charge is -2.11.